The van der Waals surface area contributed by atoms with Crippen molar-refractivity contribution in [2.75, 3.05) is 39.8 Å². The Labute approximate surface area is 166 Å². The number of fused-ring (bicyclic) bond motifs is 1. The highest BCUT2D eigenvalue weighted by Crippen LogP contribution is 2.34. The molecule has 0 radical (unpaired) electrons. The first-order chi connectivity index (χ1) is 13.0. The summed E-state index contributed by atoms with van der Waals surface area (Å²) in [6.45, 7) is 5.83. The Balaban J connectivity index is 1.78. The highest BCUT2D eigenvalue weighted by Gasteiger charge is 2.43. The van der Waals surface area contributed by atoms with Crippen LogP contribution in [0.5, 0.6) is 0 Å². The number of rotatable bonds is 6. The molecule has 1 unspecified atom stereocenters. The Hall–Kier alpha value is -1.73. The molecule has 1 heterocycles. The fourth-order valence-corrected chi connectivity index (χ4v) is 3.24. The van der Waals surface area contributed by atoms with Gasteiger partial charge in [-0.2, -0.15) is 0 Å². The van der Waals surface area contributed by atoms with Crippen LogP contribution in [0.2, 0.25) is 0 Å². The van der Waals surface area contributed by atoms with E-state index in [1.165, 1.54) is 43.8 Å². The van der Waals surface area contributed by atoms with Gasteiger partial charge in [-0.25, -0.2) is 13.6 Å². The number of carbonyl (C=O) groups is 1. The Morgan fingerprint density at radius 1 is 1.21 bits per heavy atom. The van der Waals surface area contributed by atoms with Crippen LogP contribution >= 0.6 is 0 Å². The van der Waals surface area contributed by atoms with E-state index >= 15 is 0 Å². The van der Waals surface area contributed by atoms with Crippen molar-refractivity contribution in [2.24, 2.45) is 5.41 Å². The molecule has 2 N–H and O–H groups in total. The second-order valence-corrected chi connectivity index (χ2v) is 8.72. The summed E-state index contributed by atoms with van der Waals surface area (Å²) in [6.07, 6.45) is 1.13. The van der Waals surface area contributed by atoms with Crippen molar-refractivity contribution < 1.29 is 18.7 Å². The van der Waals surface area contributed by atoms with E-state index in [2.05, 4.69) is 22.3 Å². The number of hydrogen-bond acceptors (Lipinski definition) is 3. The average molecular weight is 398 g/mol. The number of halogens is 2. The lowest BCUT2D eigenvalue weighted by atomic mass is 9.88. The largest absolute Gasteiger partial charge is 0.390 e. The van der Waals surface area contributed by atoms with Crippen LogP contribution in [0.3, 0.4) is 0 Å². The first kappa shape index (κ1) is 22.6. The number of aliphatic hydroxyl groups excluding tert-OH is 1. The molecule has 5 nitrogen and oxygen atoms in total. The van der Waals surface area contributed by atoms with Gasteiger partial charge in [-0.3, -0.25) is 0 Å². The molecule has 158 valence electrons. The van der Waals surface area contributed by atoms with Gasteiger partial charge in [-0.1, -0.05) is 45.0 Å². The van der Waals surface area contributed by atoms with Crippen LogP contribution in [-0.4, -0.2) is 72.7 Å². The van der Waals surface area contributed by atoms with Crippen molar-refractivity contribution in [1.82, 2.24) is 15.1 Å². The summed E-state index contributed by atoms with van der Waals surface area (Å²) < 4.78 is 28.0. The van der Waals surface area contributed by atoms with Crippen molar-refractivity contribution in [2.45, 2.75) is 45.6 Å². The van der Waals surface area contributed by atoms with E-state index in [0.29, 0.717) is 6.54 Å². The van der Waals surface area contributed by atoms with E-state index in [-0.39, 0.29) is 6.54 Å². The zero-order valence-corrected chi connectivity index (χ0v) is 17.3. The predicted molar refractivity (Wildman–Crippen MR) is 107 cm³/mol. The molecule has 0 fully saturated rings. The van der Waals surface area contributed by atoms with Gasteiger partial charge >= 0.3 is 6.03 Å². The number of aliphatic hydroxyl groups is 1. The molecular formula is C21H33F2N3O2. The summed E-state index contributed by atoms with van der Waals surface area (Å²) in [7, 11) is 1.51. The highest BCUT2D eigenvalue weighted by atomic mass is 19.3. The van der Waals surface area contributed by atoms with E-state index in [1.54, 1.807) is 0 Å². The number of urea groups is 1. The normalized spacial score (nSPS) is 16.8. The van der Waals surface area contributed by atoms with Gasteiger partial charge in [0.2, 0.25) is 0 Å². The summed E-state index contributed by atoms with van der Waals surface area (Å²) in [5, 5.41) is 12.6. The maximum atomic E-state index is 14.0. The number of carbonyl (C=O) groups excluding carboxylic acids is 1. The van der Waals surface area contributed by atoms with Gasteiger partial charge in [0.1, 0.15) is 0 Å². The smallest absolute Gasteiger partial charge is 0.317 e. The van der Waals surface area contributed by atoms with E-state index in [9.17, 15) is 18.7 Å². The zero-order chi connectivity index (χ0) is 20.9. The molecule has 1 aromatic carbocycles. The number of amides is 2. The maximum Gasteiger partial charge on any atom is 0.317 e. The number of nitrogens with zero attached hydrogens (tertiary/aromatic N) is 2. The third-order valence-corrected chi connectivity index (χ3v) is 5.37. The molecule has 1 aliphatic heterocycles. The second kappa shape index (κ2) is 9.18. The number of likely N-dealkylation sites (N-methyl/N-ethyl adjacent to an activating group) is 1. The molecule has 0 saturated heterocycles. The summed E-state index contributed by atoms with van der Waals surface area (Å²) in [5.41, 5.74) is 1.45. The third-order valence-electron chi connectivity index (χ3n) is 5.37. The summed E-state index contributed by atoms with van der Waals surface area (Å²) in [4.78, 5) is 15.5. The molecule has 1 aliphatic rings. The molecule has 2 amide bonds. The molecule has 0 aromatic heterocycles. The van der Waals surface area contributed by atoms with Crippen LogP contribution in [0.25, 0.3) is 0 Å². The van der Waals surface area contributed by atoms with Gasteiger partial charge in [0.05, 0.1) is 12.6 Å². The van der Waals surface area contributed by atoms with Gasteiger partial charge in [0, 0.05) is 38.6 Å². The van der Waals surface area contributed by atoms with Gasteiger partial charge in [0.15, 0.2) is 0 Å². The molecule has 1 atom stereocenters. The van der Waals surface area contributed by atoms with E-state index in [4.69, 9.17) is 0 Å². The minimum atomic E-state index is -3.01. The van der Waals surface area contributed by atoms with E-state index < -0.39 is 30.0 Å². The van der Waals surface area contributed by atoms with Gasteiger partial charge in [0.25, 0.3) is 5.92 Å². The van der Waals surface area contributed by atoms with Gasteiger partial charge in [-0.15, -0.1) is 0 Å². The van der Waals surface area contributed by atoms with Crippen LogP contribution in [0.1, 0.15) is 31.9 Å². The van der Waals surface area contributed by atoms with Crippen LogP contribution in [0.15, 0.2) is 24.3 Å². The summed E-state index contributed by atoms with van der Waals surface area (Å²) >= 11 is 0. The predicted octanol–water partition coefficient (Wildman–Crippen LogP) is 2.77. The van der Waals surface area contributed by atoms with Crippen LogP contribution in [0.4, 0.5) is 13.6 Å². The van der Waals surface area contributed by atoms with Crippen molar-refractivity contribution in [1.29, 1.82) is 0 Å². The standard InChI is InChI=1S/C21H33F2N3O2/c1-20(2,3)21(22,23)15-24-19(28)25(4)13-18(27)14-26-11-9-16-7-5-6-8-17(16)10-12-26/h5-8,18,27H,9-15H2,1-4H3,(H,24,28). The Bertz CT molecular complexity index is 634. The zero-order valence-electron chi connectivity index (χ0n) is 17.3. The van der Waals surface area contributed by atoms with Crippen molar-refractivity contribution >= 4 is 6.03 Å². The van der Waals surface area contributed by atoms with Crippen molar-refractivity contribution in [3.63, 3.8) is 0 Å². The molecule has 0 bridgehead atoms. The average Bonchev–Trinajstić information content (AvgIpc) is 2.81. The molecule has 28 heavy (non-hydrogen) atoms. The number of hydrogen-bond donors (Lipinski definition) is 2. The minimum absolute atomic E-state index is 0.0936. The van der Waals surface area contributed by atoms with Crippen LogP contribution < -0.4 is 5.32 Å². The van der Waals surface area contributed by atoms with E-state index in [1.807, 2.05) is 12.1 Å². The highest BCUT2D eigenvalue weighted by molar-refractivity contribution is 5.73. The molecular weight excluding hydrogens is 364 g/mol. The Kier molecular flexibility index (Phi) is 7.39. The molecule has 7 heteroatoms. The van der Waals surface area contributed by atoms with Gasteiger partial charge < -0.3 is 20.2 Å². The Morgan fingerprint density at radius 2 is 1.75 bits per heavy atom. The first-order valence-corrected chi connectivity index (χ1v) is 9.83. The topological polar surface area (TPSA) is 55.8 Å². The number of alkyl halides is 2. The van der Waals surface area contributed by atoms with Gasteiger partial charge in [-0.05, 0) is 24.0 Å². The molecule has 0 saturated carbocycles. The lowest BCUT2D eigenvalue weighted by molar-refractivity contribution is -0.0917. The second-order valence-electron chi connectivity index (χ2n) is 8.72. The number of nitrogens with one attached hydrogen (secondary N) is 1. The first-order valence-electron chi connectivity index (χ1n) is 9.83. The third kappa shape index (κ3) is 6.14. The minimum Gasteiger partial charge on any atom is -0.390 e. The number of β-amino-alcohol motifs (C(OH)–C–C–N with tert-alkyl or cyclic N) is 1. The fraction of sp³-hybridized carbons (Fsp3) is 0.667. The fourth-order valence-electron chi connectivity index (χ4n) is 3.24. The molecule has 2 rings (SSSR count). The maximum absolute atomic E-state index is 14.0. The van der Waals surface area contributed by atoms with Crippen molar-refractivity contribution in [3.05, 3.63) is 35.4 Å². The van der Waals surface area contributed by atoms with Crippen molar-refractivity contribution in [3.8, 4) is 0 Å². The SMILES string of the molecule is CN(CC(O)CN1CCc2ccccc2CC1)C(=O)NCC(F)(F)C(C)(C)C. The lowest BCUT2D eigenvalue weighted by Gasteiger charge is -2.31. The van der Waals surface area contributed by atoms with Crippen LogP contribution in [0, 0.1) is 5.41 Å². The summed E-state index contributed by atoms with van der Waals surface area (Å²) in [6, 6.07) is 7.76. The Morgan fingerprint density at radius 3 is 2.25 bits per heavy atom. The molecule has 1 aromatic rings. The lowest BCUT2D eigenvalue weighted by Crippen LogP contribution is -2.50. The van der Waals surface area contributed by atoms with E-state index in [0.717, 1.165) is 25.9 Å². The quantitative estimate of drug-likeness (QED) is 0.776. The number of benzene rings is 1. The summed E-state index contributed by atoms with van der Waals surface area (Å²) in [5.74, 6) is -3.01. The molecule has 0 spiro atoms. The molecule has 0 aliphatic carbocycles. The monoisotopic (exact) mass is 397 g/mol. The van der Waals surface area contributed by atoms with Crippen LogP contribution in [-0.2, 0) is 12.8 Å².